The summed E-state index contributed by atoms with van der Waals surface area (Å²) >= 11 is 0. The third-order valence-corrected chi connectivity index (χ3v) is 2.31. The van der Waals surface area contributed by atoms with E-state index in [2.05, 4.69) is 10.6 Å². The molecule has 0 aliphatic heterocycles. The SMILES string of the molecule is CCCCC(N)C(=O)NC(C)C(=O)NCC. The van der Waals surface area contributed by atoms with Gasteiger partial charge in [-0.15, -0.1) is 0 Å². The number of nitrogens with two attached hydrogens (primary N) is 1. The molecule has 5 heteroatoms. The number of likely N-dealkylation sites (N-methyl/N-ethyl adjacent to an activating group) is 1. The van der Waals surface area contributed by atoms with Gasteiger partial charge in [-0.3, -0.25) is 9.59 Å². The Balaban J connectivity index is 3.97. The van der Waals surface area contributed by atoms with E-state index in [1.807, 2.05) is 13.8 Å². The lowest BCUT2D eigenvalue weighted by Gasteiger charge is -2.16. The molecule has 2 unspecified atom stereocenters. The quantitative estimate of drug-likeness (QED) is 0.581. The van der Waals surface area contributed by atoms with Crippen LogP contribution in [0.3, 0.4) is 0 Å². The van der Waals surface area contributed by atoms with Gasteiger partial charge in [0.05, 0.1) is 6.04 Å². The highest BCUT2D eigenvalue weighted by Crippen LogP contribution is 1.98. The van der Waals surface area contributed by atoms with Crippen LogP contribution >= 0.6 is 0 Å². The van der Waals surface area contributed by atoms with E-state index in [0.29, 0.717) is 13.0 Å². The molecule has 0 aliphatic carbocycles. The Morgan fingerprint density at radius 3 is 2.38 bits per heavy atom. The lowest BCUT2D eigenvalue weighted by molar-refractivity contribution is -0.129. The summed E-state index contributed by atoms with van der Waals surface area (Å²) in [5.41, 5.74) is 5.68. The maximum absolute atomic E-state index is 11.6. The Labute approximate surface area is 97.2 Å². The van der Waals surface area contributed by atoms with Crippen LogP contribution in [0.2, 0.25) is 0 Å². The fourth-order valence-corrected chi connectivity index (χ4v) is 1.27. The monoisotopic (exact) mass is 229 g/mol. The van der Waals surface area contributed by atoms with Gasteiger partial charge in [-0.25, -0.2) is 0 Å². The van der Waals surface area contributed by atoms with Gasteiger partial charge < -0.3 is 16.4 Å². The molecule has 2 amide bonds. The Morgan fingerprint density at radius 2 is 1.88 bits per heavy atom. The molecule has 0 aliphatic rings. The van der Waals surface area contributed by atoms with Crippen LogP contribution < -0.4 is 16.4 Å². The minimum atomic E-state index is -0.528. The van der Waals surface area contributed by atoms with Crippen molar-refractivity contribution in [3.8, 4) is 0 Å². The van der Waals surface area contributed by atoms with Crippen LogP contribution in [-0.4, -0.2) is 30.4 Å². The Morgan fingerprint density at radius 1 is 1.25 bits per heavy atom. The van der Waals surface area contributed by atoms with Gasteiger partial charge in [0.1, 0.15) is 6.04 Å². The van der Waals surface area contributed by atoms with Crippen LogP contribution in [0.25, 0.3) is 0 Å². The molecule has 4 N–H and O–H groups in total. The van der Waals surface area contributed by atoms with Crippen LogP contribution in [0.5, 0.6) is 0 Å². The van der Waals surface area contributed by atoms with E-state index >= 15 is 0 Å². The summed E-state index contributed by atoms with van der Waals surface area (Å²) in [6.45, 7) is 6.08. The van der Waals surface area contributed by atoms with Crippen molar-refractivity contribution >= 4 is 11.8 Å². The number of hydrogen-bond acceptors (Lipinski definition) is 3. The van der Waals surface area contributed by atoms with Gasteiger partial charge in [0, 0.05) is 6.54 Å². The molecule has 2 atom stereocenters. The Kier molecular flexibility index (Phi) is 7.54. The highest BCUT2D eigenvalue weighted by molar-refractivity contribution is 5.89. The van der Waals surface area contributed by atoms with Crippen LogP contribution in [0.15, 0.2) is 0 Å². The standard InChI is InChI=1S/C11H23N3O2/c1-4-6-7-9(12)11(16)14-8(3)10(15)13-5-2/h8-9H,4-7,12H2,1-3H3,(H,13,15)(H,14,16). The predicted octanol–water partition coefficient (Wildman–Crippen LogP) is 0.145. The van der Waals surface area contributed by atoms with E-state index in [1.54, 1.807) is 6.92 Å². The first kappa shape index (κ1) is 14.9. The topological polar surface area (TPSA) is 84.2 Å². The Bertz CT molecular complexity index is 231. The van der Waals surface area contributed by atoms with E-state index in [9.17, 15) is 9.59 Å². The number of hydrogen-bond donors (Lipinski definition) is 3. The summed E-state index contributed by atoms with van der Waals surface area (Å²) in [5.74, 6) is -0.439. The fraction of sp³-hybridized carbons (Fsp3) is 0.818. The van der Waals surface area contributed by atoms with Crippen molar-refractivity contribution in [1.82, 2.24) is 10.6 Å². The van der Waals surface area contributed by atoms with E-state index < -0.39 is 12.1 Å². The van der Waals surface area contributed by atoms with Crippen molar-refractivity contribution in [2.45, 2.75) is 52.1 Å². The van der Waals surface area contributed by atoms with Crippen molar-refractivity contribution < 1.29 is 9.59 Å². The lowest BCUT2D eigenvalue weighted by Crippen LogP contribution is -2.50. The van der Waals surface area contributed by atoms with Gasteiger partial charge in [-0.2, -0.15) is 0 Å². The van der Waals surface area contributed by atoms with Gasteiger partial charge in [0.15, 0.2) is 0 Å². The summed E-state index contributed by atoms with van der Waals surface area (Å²) in [7, 11) is 0. The Hall–Kier alpha value is -1.10. The molecule has 0 radical (unpaired) electrons. The molecule has 0 heterocycles. The fourth-order valence-electron chi connectivity index (χ4n) is 1.27. The summed E-state index contributed by atoms with van der Waals surface area (Å²) < 4.78 is 0. The van der Waals surface area contributed by atoms with Gasteiger partial charge in [-0.1, -0.05) is 19.8 Å². The molecule has 0 aromatic heterocycles. The second-order valence-electron chi connectivity index (χ2n) is 3.87. The second kappa shape index (κ2) is 8.10. The van der Waals surface area contributed by atoms with Gasteiger partial charge in [0.2, 0.25) is 11.8 Å². The van der Waals surface area contributed by atoms with Crippen LogP contribution in [0.1, 0.15) is 40.0 Å². The maximum atomic E-state index is 11.6. The normalized spacial score (nSPS) is 14.0. The van der Waals surface area contributed by atoms with Crippen molar-refractivity contribution in [3.63, 3.8) is 0 Å². The molecule has 0 aromatic carbocycles. The molecule has 0 rings (SSSR count). The molecule has 0 spiro atoms. The van der Waals surface area contributed by atoms with E-state index in [0.717, 1.165) is 12.8 Å². The number of nitrogens with one attached hydrogen (secondary N) is 2. The zero-order chi connectivity index (χ0) is 12.6. The van der Waals surface area contributed by atoms with Crippen molar-refractivity contribution in [3.05, 3.63) is 0 Å². The predicted molar refractivity (Wildman–Crippen MR) is 63.8 cm³/mol. The first-order valence-electron chi connectivity index (χ1n) is 5.86. The molecular weight excluding hydrogens is 206 g/mol. The zero-order valence-corrected chi connectivity index (χ0v) is 10.4. The molecular formula is C11H23N3O2. The summed E-state index contributed by atoms with van der Waals surface area (Å²) in [4.78, 5) is 22.9. The summed E-state index contributed by atoms with van der Waals surface area (Å²) in [5, 5.41) is 5.24. The second-order valence-corrected chi connectivity index (χ2v) is 3.87. The molecule has 0 aromatic rings. The molecule has 0 saturated heterocycles. The molecule has 0 saturated carbocycles. The van der Waals surface area contributed by atoms with E-state index in [4.69, 9.17) is 5.73 Å². The number of rotatable bonds is 7. The van der Waals surface area contributed by atoms with Crippen molar-refractivity contribution in [2.75, 3.05) is 6.54 Å². The number of carbonyl (C=O) groups excluding carboxylic acids is 2. The number of unbranched alkanes of at least 4 members (excludes halogenated alkanes) is 1. The molecule has 0 bridgehead atoms. The minimum Gasteiger partial charge on any atom is -0.355 e. The van der Waals surface area contributed by atoms with Crippen molar-refractivity contribution in [1.29, 1.82) is 0 Å². The van der Waals surface area contributed by atoms with Crippen LogP contribution in [0.4, 0.5) is 0 Å². The summed E-state index contributed by atoms with van der Waals surface area (Å²) in [6.07, 6.45) is 2.58. The third-order valence-electron chi connectivity index (χ3n) is 2.31. The molecule has 94 valence electrons. The highest BCUT2D eigenvalue weighted by atomic mass is 16.2. The highest BCUT2D eigenvalue weighted by Gasteiger charge is 2.18. The maximum Gasteiger partial charge on any atom is 0.242 e. The first-order chi connectivity index (χ1) is 7.52. The van der Waals surface area contributed by atoms with E-state index in [1.165, 1.54) is 0 Å². The molecule has 16 heavy (non-hydrogen) atoms. The average molecular weight is 229 g/mol. The molecule has 5 nitrogen and oxygen atoms in total. The summed E-state index contributed by atoms with van der Waals surface area (Å²) in [6, 6.07) is -1.04. The minimum absolute atomic E-state index is 0.182. The largest absolute Gasteiger partial charge is 0.355 e. The smallest absolute Gasteiger partial charge is 0.242 e. The number of carbonyl (C=O) groups is 2. The zero-order valence-electron chi connectivity index (χ0n) is 10.4. The lowest BCUT2D eigenvalue weighted by atomic mass is 10.1. The molecule has 0 fully saturated rings. The van der Waals surface area contributed by atoms with Crippen molar-refractivity contribution in [2.24, 2.45) is 5.73 Å². The van der Waals surface area contributed by atoms with Crippen LogP contribution in [0, 0.1) is 0 Å². The first-order valence-corrected chi connectivity index (χ1v) is 5.86. The van der Waals surface area contributed by atoms with E-state index in [-0.39, 0.29) is 11.8 Å². The van der Waals surface area contributed by atoms with Gasteiger partial charge >= 0.3 is 0 Å². The van der Waals surface area contributed by atoms with Crippen LogP contribution in [-0.2, 0) is 9.59 Å². The van der Waals surface area contributed by atoms with Gasteiger partial charge in [-0.05, 0) is 20.3 Å². The third kappa shape index (κ3) is 5.70. The number of amides is 2. The van der Waals surface area contributed by atoms with Gasteiger partial charge in [0.25, 0.3) is 0 Å². The average Bonchev–Trinajstić information content (AvgIpc) is 2.25.